The van der Waals surface area contributed by atoms with Crippen LogP contribution in [0, 0.1) is 6.92 Å². The van der Waals surface area contributed by atoms with Crippen molar-refractivity contribution in [1.29, 1.82) is 0 Å². The summed E-state index contributed by atoms with van der Waals surface area (Å²) in [5.74, 6) is 0.358. The highest BCUT2D eigenvalue weighted by molar-refractivity contribution is 7.92. The lowest BCUT2D eigenvalue weighted by atomic mass is 10.1. The normalized spacial score (nSPS) is 12.3. The number of nitrogens with one attached hydrogen (secondary N) is 1. The molecular weight excluding hydrogens is 352 g/mol. The van der Waals surface area contributed by atoms with Gasteiger partial charge in [0.15, 0.2) is 0 Å². The highest BCUT2D eigenvalue weighted by Crippen LogP contribution is 2.22. The van der Waals surface area contributed by atoms with Crippen LogP contribution in [0.3, 0.4) is 0 Å². The third-order valence-electron chi connectivity index (χ3n) is 4.06. The van der Waals surface area contributed by atoms with Gasteiger partial charge < -0.3 is 10.1 Å². The Bertz CT molecular complexity index is 863. The summed E-state index contributed by atoms with van der Waals surface area (Å²) in [6.45, 7) is 3.38. The fourth-order valence-electron chi connectivity index (χ4n) is 2.62. The molecule has 1 N–H and O–H groups in total. The van der Waals surface area contributed by atoms with E-state index in [9.17, 15) is 13.2 Å². The molecule has 0 aromatic heterocycles. The number of aryl methyl sites for hydroxylation is 1. The first-order valence-corrected chi connectivity index (χ1v) is 10.0. The number of carbonyl (C=O) groups is 1. The van der Waals surface area contributed by atoms with Crippen molar-refractivity contribution in [3.8, 4) is 5.75 Å². The van der Waals surface area contributed by atoms with Gasteiger partial charge in [-0.3, -0.25) is 9.10 Å². The number of amides is 1. The maximum atomic E-state index is 12.4. The second kappa shape index (κ2) is 8.23. The lowest BCUT2D eigenvalue weighted by Gasteiger charge is -2.24. The molecule has 7 heteroatoms. The van der Waals surface area contributed by atoms with Gasteiger partial charge in [-0.1, -0.05) is 30.3 Å². The molecule has 0 heterocycles. The molecule has 26 heavy (non-hydrogen) atoms. The minimum Gasteiger partial charge on any atom is -0.497 e. The van der Waals surface area contributed by atoms with Crippen LogP contribution in [0.15, 0.2) is 48.5 Å². The number of anilines is 1. The second-order valence-corrected chi connectivity index (χ2v) is 8.03. The van der Waals surface area contributed by atoms with Crippen molar-refractivity contribution in [2.45, 2.75) is 19.9 Å². The van der Waals surface area contributed by atoms with E-state index in [4.69, 9.17) is 4.74 Å². The number of carbonyl (C=O) groups excluding carboxylic acids is 1. The summed E-state index contributed by atoms with van der Waals surface area (Å²) in [5, 5.41) is 2.84. The lowest BCUT2D eigenvalue weighted by molar-refractivity contribution is -0.120. The Morgan fingerprint density at radius 1 is 1.15 bits per heavy atom. The van der Waals surface area contributed by atoms with E-state index in [1.165, 1.54) is 0 Å². The Kier molecular flexibility index (Phi) is 6.26. The molecule has 0 saturated carbocycles. The summed E-state index contributed by atoms with van der Waals surface area (Å²) in [5.41, 5.74) is 2.19. The first-order valence-electron chi connectivity index (χ1n) is 8.19. The first kappa shape index (κ1) is 19.8. The minimum absolute atomic E-state index is 0.258. The monoisotopic (exact) mass is 376 g/mol. The highest BCUT2D eigenvalue weighted by atomic mass is 32.2. The molecule has 0 saturated heterocycles. The van der Waals surface area contributed by atoms with Crippen molar-refractivity contribution in [2.75, 3.05) is 24.2 Å². The van der Waals surface area contributed by atoms with Crippen LogP contribution in [-0.4, -0.2) is 34.2 Å². The molecule has 0 aliphatic rings. The number of methoxy groups -OCH3 is 1. The number of benzene rings is 2. The van der Waals surface area contributed by atoms with Crippen molar-refractivity contribution >= 4 is 21.6 Å². The quantitative estimate of drug-likeness (QED) is 0.806. The molecule has 2 aromatic carbocycles. The van der Waals surface area contributed by atoms with Crippen molar-refractivity contribution in [2.24, 2.45) is 0 Å². The van der Waals surface area contributed by atoms with Gasteiger partial charge in [-0.25, -0.2) is 8.42 Å². The van der Waals surface area contributed by atoms with Crippen LogP contribution in [0.25, 0.3) is 0 Å². The third-order valence-corrected chi connectivity index (χ3v) is 5.19. The zero-order chi connectivity index (χ0) is 19.3. The predicted molar refractivity (Wildman–Crippen MR) is 103 cm³/mol. The molecule has 0 spiro atoms. The molecule has 0 aliphatic carbocycles. The topological polar surface area (TPSA) is 75.7 Å². The standard InChI is InChI=1S/C19H24N2O4S/c1-14-7-5-6-8-18(14)21(26(4,23)24)13-19(22)20-15(2)16-9-11-17(25-3)12-10-16/h5-12,15H,13H2,1-4H3,(H,20,22). The average molecular weight is 376 g/mol. The van der Waals surface area contributed by atoms with Gasteiger partial charge >= 0.3 is 0 Å². The average Bonchev–Trinajstić information content (AvgIpc) is 2.59. The van der Waals surface area contributed by atoms with E-state index < -0.39 is 10.0 Å². The van der Waals surface area contributed by atoms with Crippen molar-refractivity contribution in [1.82, 2.24) is 5.32 Å². The molecule has 1 atom stereocenters. The van der Waals surface area contributed by atoms with Gasteiger partial charge in [0.2, 0.25) is 15.9 Å². The van der Waals surface area contributed by atoms with E-state index in [2.05, 4.69) is 5.32 Å². The largest absolute Gasteiger partial charge is 0.497 e. The van der Waals surface area contributed by atoms with Gasteiger partial charge in [0.1, 0.15) is 12.3 Å². The number of ether oxygens (including phenoxy) is 1. The summed E-state index contributed by atoms with van der Waals surface area (Å²) in [6.07, 6.45) is 1.10. The highest BCUT2D eigenvalue weighted by Gasteiger charge is 2.23. The number of para-hydroxylation sites is 1. The van der Waals surface area contributed by atoms with Gasteiger partial charge in [-0.2, -0.15) is 0 Å². The number of hydrogen-bond donors (Lipinski definition) is 1. The summed E-state index contributed by atoms with van der Waals surface area (Å²) in [6, 6.07) is 14.2. The molecule has 1 amide bonds. The van der Waals surface area contributed by atoms with Crippen LogP contribution in [0.2, 0.25) is 0 Å². The molecular formula is C19H24N2O4S. The molecule has 1 unspecified atom stereocenters. The van der Waals surface area contributed by atoms with Crippen LogP contribution >= 0.6 is 0 Å². The first-order chi connectivity index (χ1) is 12.2. The Hall–Kier alpha value is -2.54. The van der Waals surface area contributed by atoms with Crippen molar-refractivity contribution in [3.05, 3.63) is 59.7 Å². The Morgan fingerprint density at radius 3 is 2.31 bits per heavy atom. The van der Waals surface area contributed by atoms with Gasteiger partial charge in [-0.05, 0) is 43.2 Å². The van der Waals surface area contributed by atoms with E-state index in [0.717, 1.165) is 27.4 Å². The van der Waals surface area contributed by atoms with Crippen LogP contribution in [-0.2, 0) is 14.8 Å². The molecule has 140 valence electrons. The van der Waals surface area contributed by atoms with E-state index in [1.807, 2.05) is 50.2 Å². The third kappa shape index (κ3) is 4.98. The number of hydrogen-bond acceptors (Lipinski definition) is 4. The summed E-state index contributed by atoms with van der Waals surface area (Å²) < 4.78 is 30.6. The number of sulfonamides is 1. The Labute approximate surface area is 154 Å². The maximum absolute atomic E-state index is 12.4. The van der Waals surface area contributed by atoms with Gasteiger partial charge in [0.05, 0.1) is 25.1 Å². The fourth-order valence-corrected chi connectivity index (χ4v) is 3.53. The van der Waals surface area contributed by atoms with Crippen LogP contribution in [0.5, 0.6) is 5.75 Å². The van der Waals surface area contributed by atoms with Gasteiger partial charge in [-0.15, -0.1) is 0 Å². The number of rotatable bonds is 7. The zero-order valence-electron chi connectivity index (χ0n) is 15.4. The molecule has 2 rings (SSSR count). The molecule has 2 aromatic rings. The van der Waals surface area contributed by atoms with E-state index >= 15 is 0 Å². The van der Waals surface area contributed by atoms with Crippen molar-refractivity contribution in [3.63, 3.8) is 0 Å². The van der Waals surface area contributed by atoms with Gasteiger partial charge in [0, 0.05) is 0 Å². The second-order valence-electron chi connectivity index (χ2n) is 6.12. The van der Waals surface area contributed by atoms with Crippen LogP contribution in [0.1, 0.15) is 24.1 Å². The maximum Gasteiger partial charge on any atom is 0.241 e. The van der Waals surface area contributed by atoms with Crippen LogP contribution in [0.4, 0.5) is 5.69 Å². The zero-order valence-corrected chi connectivity index (χ0v) is 16.2. The molecule has 0 fully saturated rings. The summed E-state index contributed by atoms with van der Waals surface area (Å²) in [4.78, 5) is 12.4. The SMILES string of the molecule is COc1ccc(C(C)NC(=O)CN(c2ccccc2C)S(C)(=O)=O)cc1. The van der Waals surface area contributed by atoms with Crippen molar-refractivity contribution < 1.29 is 17.9 Å². The molecule has 6 nitrogen and oxygen atoms in total. The Balaban J connectivity index is 2.13. The fraction of sp³-hybridized carbons (Fsp3) is 0.316. The summed E-state index contributed by atoms with van der Waals surface area (Å²) in [7, 11) is -2.00. The lowest BCUT2D eigenvalue weighted by Crippen LogP contribution is -2.41. The van der Waals surface area contributed by atoms with Gasteiger partial charge in [0.25, 0.3) is 0 Å². The molecule has 0 radical (unpaired) electrons. The predicted octanol–water partition coefficient (Wildman–Crippen LogP) is 2.65. The smallest absolute Gasteiger partial charge is 0.241 e. The van der Waals surface area contributed by atoms with E-state index in [-0.39, 0.29) is 18.5 Å². The molecule has 0 aliphatic heterocycles. The van der Waals surface area contributed by atoms with E-state index in [0.29, 0.717) is 5.69 Å². The van der Waals surface area contributed by atoms with E-state index in [1.54, 1.807) is 19.2 Å². The summed E-state index contributed by atoms with van der Waals surface area (Å²) >= 11 is 0. The van der Waals surface area contributed by atoms with Crippen LogP contribution < -0.4 is 14.4 Å². The minimum atomic E-state index is -3.59. The Morgan fingerprint density at radius 2 is 1.77 bits per heavy atom. The number of nitrogens with zero attached hydrogens (tertiary/aromatic N) is 1. The molecule has 0 bridgehead atoms.